The van der Waals surface area contributed by atoms with Gasteiger partial charge < -0.3 is 10.2 Å². The molecule has 2 saturated carbocycles. The van der Waals surface area contributed by atoms with Gasteiger partial charge in [0.1, 0.15) is 0 Å². The highest BCUT2D eigenvalue weighted by molar-refractivity contribution is 5.70. The highest BCUT2D eigenvalue weighted by atomic mass is 16.4. The standard InChI is InChI=1S/C12H18O4/c13-11(14)4-3-10-7-1-2-8(10)6-9(5-7)12(15)16/h7-10H,1-6H2,(H,13,14)(H,15,16). The Kier molecular flexibility index (Phi) is 3.17. The van der Waals surface area contributed by atoms with E-state index in [4.69, 9.17) is 10.2 Å². The number of fused-ring (bicyclic) bond motifs is 2. The molecule has 0 amide bonds. The van der Waals surface area contributed by atoms with Crippen molar-refractivity contribution in [3.8, 4) is 0 Å². The molecule has 2 unspecified atom stereocenters. The first-order valence-electron chi connectivity index (χ1n) is 6.02. The van der Waals surface area contributed by atoms with Crippen molar-refractivity contribution >= 4 is 11.9 Å². The number of hydrogen-bond donors (Lipinski definition) is 2. The summed E-state index contributed by atoms with van der Waals surface area (Å²) in [7, 11) is 0. The van der Waals surface area contributed by atoms with E-state index in [-0.39, 0.29) is 12.3 Å². The molecule has 0 aromatic carbocycles. The number of carboxylic acid groups (broad SMARTS) is 2. The molecule has 0 saturated heterocycles. The number of aliphatic carboxylic acids is 2. The maximum atomic E-state index is 11.0. The van der Waals surface area contributed by atoms with Gasteiger partial charge >= 0.3 is 11.9 Å². The van der Waals surface area contributed by atoms with Gasteiger partial charge in [-0.05, 0) is 49.9 Å². The van der Waals surface area contributed by atoms with Crippen LogP contribution < -0.4 is 0 Å². The number of rotatable bonds is 4. The first kappa shape index (κ1) is 11.4. The van der Waals surface area contributed by atoms with Crippen LogP contribution in [-0.4, -0.2) is 22.2 Å². The van der Waals surface area contributed by atoms with E-state index in [0.717, 1.165) is 32.1 Å². The molecule has 2 bridgehead atoms. The van der Waals surface area contributed by atoms with E-state index in [9.17, 15) is 9.59 Å². The molecule has 2 atom stereocenters. The molecule has 0 spiro atoms. The van der Waals surface area contributed by atoms with Crippen LogP contribution in [0.4, 0.5) is 0 Å². The second kappa shape index (κ2) is 4.44. The molecular formula is C12H18O4. The zero-order valence-corrected chi connectivity index (χ0v) is 9.26. The minimum Gasteiger partial charge on any atom is -0.481 e. The fraction of sp³-hybridized carbons (Fsp3) is 0.833. The number of carbonyl (C=O) groups is 2. The second-order valence-electron chi connectivity index (χ2n) is 5.20. The average molecular weight is 226 g/mol. The summed E-state index contributed by atoms with van der Waals surface area (Å²) in [5.41, 5.74) is 0. The lowest BCUT2D eigenvalue weighted by atomic mass is 9.71. The van der Waals surface area contributed by atoms with Gasteiger partial charge in [0, 0.05) is 6.42 Å². The molecule has 2 N–H and O–H groups in total. The van der Waals surface area contributed by atoms with E-state index in [1.54, 1.807) is 0 Å². The largest absolute Gasteiger partial charge is 0.481 e. The van der Waals surface area contributed by atoms with Gasteiger partial charge in [-0.15, -0.1) is 0 Å². The Hall–Kier alpha value is -1.06. The van der Waals surface area contributed by atoms with Crippen molar-refractivity contribution in [3.63, 3.8) is 0 Å². The third-order valence-electron chi connectivity index (χ3n) is 4.33. The highest BCUT2D eigenvalue weighted by Crippen LogP contribution is 2.50. The molecule has 90 valence electrons. The van der Waals surface area contributed by atoms with Crippen molar-refractivity contribution in [2.45, 2.75) is 38.5 Å². The van der Waals surface area contributed by atoms with Gasteiger partial charge in [-0.1, -0.05) is 0 Å². The lowest BCUT2D eigenvalue weighted by Crippen LogP contribution is -2.30. The molecule has 2 fully saturated rings. The zero-order valence-electron chi connectivity index (χ0n) is 9.26. The maximum Gasteiger partial charge on any atom is 0.306 e. The molecule has 2 aliphatic rings. The van der Waals surface area contributed by atoms with E-state index in [1.165, 1.54) is 0 Å². The van der Waals surface area contributed by atoms with Crippen LogP contribution in [0.25, 0.3) is 0 Å². The summed E-state index contributed by atoms with van der Waals surface area (Å²) in [6, 6.07) is 0. The zero-order chi connectivity index (χ0) is 11.7. The summed E-state index contributed by atoms with van der Waals surface area (Å²) < 4.78 is 0. The monoisotopic (exact) mass is 226 g/mol. The van der Waals surface area contributed by atoms with Gasteiger partial charge in [-0.25, -0.2) is 0 Å². The summed E-state index contributed by atoms with van der Waals surface area (Å²) in [4.78, 5) is 21.5. The first-order valence-corrected chi connectivity index (χ1v) is 6.02. The van der Waals surface area contributed by atoms with Crippen molar-refractivity contribution in [1.29, 1.82) is 0 Å². The SMILES string of the molecule is O=C(O)CCC1C2CCC1CC(C(=O)O)C2. The van der Waals surface area contributed by atoms with Gasteiger partial charge in [-0.3, -0.25) is 9.59 Å². The topological polar surface area (TPSA) is 74.6 Å². The minimum absolute atomic E-state index is 0.182. The van der Waals surface area contributed by atoms with E-state index >= 15 is 0 Å². The molecular weight excluding hydrogens is 208 g/mol. The molecule has 0 aromatic rings. The van der Waals surface area contributed by atoms with Gasteiger partial charge in [0.2, 0.25) is 0 Å². The van der Waals surface area contributed by atoms with E-state index < -0.39 is 11.9 Å². The van der Waals surface area contributed by atoms with Crippen molar-refractivity contribution < 1.29 is 19.8 Å². The van der Waals surface area contributed by atoms with Gasteiger partial charge in [-0.2, -0.15) is 0 Å². The summed E-state index contributed by atoms with van der Waals surface area (Å²) in [6.45, 7) is 0. The molecule has 2 aliphatic carbocycles. The molecule has 0 aliphatic heterocycles. The average Bonchev–Trinajstić information content (AvgIpc) is 2.46. The molecule has 0 aromatic heterocycles. The van der Waals surface area contributed by atoms with E-state index in [2.05, 4.69) is 0 Å². The van der Waals surface area contributed by atoms with Crippen LogP contribution in [0.1, 0.15) is 38.5 Å². The predicted molar refractivity (Wildman–Crippen MR) is 56.9 cm³/mol. The fourth-order valence-corrected chi connectivity index (χ4v) is 3.62. The third kappa shape index (κ3) is 2.20. The summed E-state index contributed by atoms with van der Waals surface area (Å²) in [5.74, 6) is -0.211. The number of carboxylic acids is 2. The van der Waals surface area contributed by atoms with Crippen LogP contribution in [0, 0.1) is 23.7 Å². The van der Waals surface area contributed by atoms with Crippen molar-refractivity contribution in [2.24, 2.45) is 23.7 Å². The van der Waals surface area contributed by atoms with Crippen LogP contribution in [0.3, 0.4) is 0 Å². The van der Waals surface area contributed by atoms with Crippen molar-refractivity contribution in [1.82, 2.24) is 0 Å². The quantitative estimate of drug-likeness (QED) is 0.768. The van der Waals surface area contributed by atoms with Gasteiger partial charge in [0.05, 0.1) is 5.92 Å². The van der Waals surface area contributed by atoms with Crippen LogP contribution >= 0.6 is 0 Å². The molecule has 0 heterocycles. The fourth-order valence-electron chi connectivity index (χ4n) is 3.62. The second-order valence-corrected chi connectivity index (χ2v) is 5.20. The minimum atomic E-state index is -0.736. The summed E-state index contributed by atoms with van der Waals surface area (Å²) >= 11 is 0. The maximum absolute atomic E-state index is 11.0. The Bertz CT molecular complexity index is 285. The van der Waals surface area contributed by atoms with Gasteiger partial charge in [0.15, 0.2) is 0 Å². The van der Waals surface area contributed by atoms with Crippen LogP contribution in [0.5, 0.6) is 0 Å². The summed E-state index contributed by atoms with van der Waals surface area (Å²) in [5, 5.41) is 17.7. The van der Waals surface area contributed by atoms with Crippen molar-refractivity contribution in [2.75, 3.05) is 0 Å². The highest BCUT2D eigenvalue weighted by Gasteiger charge is 2.44. The Morgan fingerprint density at radius 2 is 1.62 bits per heavy atom. The van der Waals surface area contributed by atoms with E-state index in [0.29, 0.717) is 17.8 Å². The van der Waals surface area contributed by atoms with E-state index in [1.807, 2.05) is 0 Å². The lowest BCUT2D eigenvalue weighted by molar-refractivity contribution is -0.145. The Labute approximate surface area is 94.7 Å². The van der Waals surface area contributed by atoms with Crippen LogP contribution in [0.15, 0.2) is 0 Å². The summed E-state index contributed by atoms with van der Waals surface area (Å²) in [6.07, 6.45) is 4.68. The Balaban J connectivity index is 1.94. The predicted octanol–water partition coefficient (Wildman–Crippen LogP) is 1.99. The van der Waals surface area contributed by atoms with Crippen molar-refractivity contribution in [3.05, 3.63) is 0 Å². The van der Waals surface area contributed by atoms with Gasteiger partial charge in [0.25, 0.3) is 0 Å². The number of hydrogen-bond acceptors (Lipinski definition) is 2. The molecule has 4 heteroatoms. The van der Waals surface area contributed by atoms with Crippen LogP contribution in [0.2, 0.25) is 0 Å². The smallest absolute Gasteiger partial charge is 0.306 e. The molecule has 0 radical (unpaired) electrons. The normalized spacial score (nSPS) is 37.2. The molecule has 16 heavy (non-hydrogen) atoms. The molecule has 2 rings (SSSR count). The lowest BCUT2D eigenvalue weighted by Gasteiger charge is -2.33. The molecule has 4 nitrogen and oxygen atoms in total. The first-order chi connectivity index (χ1) is 7.58. The Morgan fingerprint density at radius 3 is 2.06 bits per heavy atom. The Morgan fingerprint density at radius 1 is 1.06 bits per heavy atom. The van der Waals surface area contributed by atoms with Crippen LogP contribution in [-0.2, 0) is 9.59 Å². The third-order valence-corrected chi connectivity index (χ3v) is 4.33.